The van der Waals surface area contributed by atoms with Gasteiger partial charge in [0.15, 0.2) is 0 Å². The van der Waals surface area contributed by atoms with E-state index in [2.05, 4.69) is 42.0 Å². The minimum absolute atomic E-state index is 0.438. The van der Waals surface area contributed by atoms with Crippen molar-refractivity contribution in [3.63, 3.8) is 0 Å². The molecule has 18 heavy (non-hydrogen) atoms. The fraction of sp³-hybridized carbons (Fsp3) is 0.286. The molecule has 0 aliphatic heterocycles. The van der Waals surface area contributed by atoms with Crippen LogP contribution >= 0.6 is 11.6 Å². The maximum Gasteiger partial charge on any atom is 0.229 e. The van der Waals surface area contributed by atoms with E-state index >= 15 is 0 Å². The van der Waals surface area contributed by atoms with Crippen molar-refractivity contribution < 1.29 is 0 Å². The van der Waals surface area contributed by atoms with Crippen LogP contribution in [0.1, 0.15) is 16.7 Å². The van der Waals surface area contributed by atoms with Gasteiger partial charge in [-0.15, -0.1) is 11.6 Å². The summed E-state index contributed by atoms with van der Waals surface area (Å²) in [6.07, 6.45) is 3.52. The minimum atomic E-state index is 0.438. The van der Waals surface area contributed by atoms with E-state index in [-0.39, 0.29) is 0 Å². The average Bonchev–Trinajstić information content (AvgIpc) is 2.37. The lowest BCUT2D eigenvalue weighted by Crippen LogP contribution is -2.13. The summed E-state index contributed by atoms with van der Waals surface area (Å²) in [5.41, 5.74) is 4.48. The van der Waals surface area contributed by atoms with Crippen LogP contribution in [-0.2, 0) is 5.88 Å². The topological polar surface area (TPSA) is 29.0 Å². The first-order valence-corrected chi connectivity index (χ1v) is 6.32. The van der Waals surface area contributed by atoms with Gasteiger partial charge in [0, 0.05) is 30.7 Å². The molecule has 2 aromatic rings. The van der Waals surface area contributed by atoms with E-state index in [9.17, 15) is 0 Å². The molecule has 1 aromatic carbocycles. The minimum Gasteiger partial charge on any atom is -0.314 e. The second kappa shape index (κ2) is 5.36. The summed E-state index contributed by atoms with van der Waals surface area (Å²) in [5, 5.41) is 0. The molecule has 2 rings (SSSR count). The van der Waals surface area contributed by atoms with E-state index in [1.54, 1.807) is 12.4 Å². The number of halogens is 1. The Labute approximate surface area is 112 Å². The predicted molar refractivity (Wildman–Crippen MR) is 75.6 cm³/mol. The third kappa shape index (κ3) is 2.79. The van der Waals surface area contributed by atoms with Crippen LogP contribution in [-0.4, -0.2) is 17.0 Å². The molecule has 0 saturated carbocycles. The van der Waals surface area contributed by atoms with Crippen LogP contribution in [0.4, 0.5) is 11.6 Å². The lowest BCUT2D eigenvalue weighted by Gasteiger charge is -2.18. The van der Waals surface area contributed by atoms with E-state index < -0.39 is 0 Å². The monoisotopic (exact) mass is 261 g/mol. The Morgan fingerprint density at radius 1 is 1.06 bits per heavy atom. The molecule has 0 radical (unpaired) electrons. The van der Waals surface area contributed by atoms with Crippen molar-refractivity contribution in [3.8, 4) is 0 Å². The first kappa shape index (κ1) is 12.8. The van der Waals surface area contributed by atoms with Crippen LogP contribution in [0.5, 0.6) is 0 Å². The van der Waals surface area contributed by atoms with Crippen molar-refractivity contribution in [3.05, 3.63) is 47.3 Å². The first-order chi connectivity index (χ1) is 8.60. The van der Waals surface area contributed by atoms with Gasteiger partial charge in [-0.3, -0.25) is 0 Å². The number of alkyl halides is 1. The van der Waals surface area contributed by atoms with E-state index in [4.69, 9.17) is 11.6 Å². The molecule has 0 amide bonds. The van der Waals surface area contributed by atoms with E-state index in [1.807, 2.05) is 11.9 Å². The molecule has 0 spiro atoms. The fourth-order valence-corrected chi connectivity index (χ4v) is 1.99. The van der Waals surface area contributed by atoms with Gasteiger partial charge in [-0.05, 0) is 37.1 Å². The SMILES string of the molecule is Cc1cc(C)cc(N(C)c2ncc(CCl)cn2)c1. The molecule has 0 unspecified atom stereocenters. The summed E-state index contributed by atoms with van der Waals surface area (Å²) in [7, 11) is 1.96. The highest BCUT2D eigenvalue weighted by Gasteiger charge is 2.07. The summed E-state index contributed by atoms with van der Waals surface area (Å²) in [6.45, 7) is 4.17. The van der Waals surface area contributed by atoms with Crippen LogP contribution < -0.4 is 4.90 Å². The molecular formula is C14H16ClN3. The molecular weight excluding hydrogens is 246 g/mol. The zero-order valence-corrected chi connectivity index (χ0v) is 11.6. The highest BCUT2D eigenvalue weighted by atomic mass is 35.5. The Morgan fingerprint density at radius 3 is 2.11 bits per heavy atom. The average molecular weight is 262 g/mol. The highest BCUT2D eigenvalue weighted by molar-refractivity contribution is 6.17. The molecule has 0 saturated heterocycles. The number of benzene rings is 1. The summed E-state index contributed by atoms with van der Waals surface area (Å²) in [5.74, 6) is 1.11. The van der Waals surface area contributed by atoms with Gasteiger partial charge >= 0.3 is 0 Å². The largest absolute Gasteiger partial charge is 0.314 e. The Morgan fingerprint density at radius 2 is 1.61 bits per heavy atom. The maximum atomic E-state index is 5.72. The number of hydrogen-bond donors (Lipinski definition) is 0. The third-order valence-electron chi connectivity index (χ3n) is 2.74. The zero-order chi connectivity index (χ0) is 13.1. The van der Waals surface area contributed by atoms with Crippen LogP contribution in [0.25, 0.3) is 0 Å². The van der Waals surface area contributed by atoms with Crippen molar-refractivity contribution in [2.45, 2.75) is 19.7 Å². The molecule has 0 atom stereocenters. The smallest absolute Gasteiger partial charge is 0.229 e. The molecule has 4 heteroatoms. The van der Waals surface area contributed by atoms with Gasteiger partial charge in [0.1, 0.15) is 0 Å². The summed E-state index contributed by atoms with van der Waals surface area (Å²) in [6, 6.07) is 6.38. The van der Waals surface area contributed by atoms with Gasteiger partial charge in [0.2, 0.25) is 5.95 Å². The third-order valence-corrected chi connectivity index (χ3v) is 3.05. The molecule has 0 bridgehead atoms. The van der Waals surface area contributed by atoms with Gasteiger partial charge in [0.25, 0.3) is 0 Å². The lowest BCUT2D eigenvalue weighted by atomic mass is 10.1. The summed E-state index contributed by atoms with van der Waals surface area (Å²) in [4.78, 5) is 10.6. The second-order valence-corrected chi connectivity index (χ2v) is 4.70. The highest BCUT2D eigenvalue weighted by Crippen LogP contribution is 2.22. The molecule has 0 aliphatic rings. The Kier molecular flexibility index (Phi) is 3.82. The standard InChI is InChI=1S/C14H16ClN3/c1-10-4-11(2)6-13(5-10)18(3)14-16-8-12(7-15)9-17-14/h4-6,8-9H,7H2,1-3H3. The molecule has 3 nitrogen and oxygen atoms in total. The lowest BCUT2D eigenvalue weighted by molar-refractivity contribution is 1.02. The second-order valence-electron chi connectivity index (χ2n) is 4.43. The van der Waals surface area contributed by atoms with Gasteiger partial charge in [-0.2, -0.15) is 0 Å². The fourth-order valence-electron chi connectivity index (χ4n) is 1.85. The summed E-state index contributed by atoms with van der Waals surface area (Å²) >= 11 is 5.72. The first-order valence-electron chi connectivity index (χ1n) is 5.79. The predicted octanol–water partition coefficient (Wildman–Crippen LogP) is 3.60. The van der Waals surface area contributed by atoms with Crippen molar-refractivity contribution in [1.29, 1.82) is 0 Å². The number of anilines is 2. The van der Waals surface area contributed by atoms with E-state index in [0.717, 1.165) is 11.3 Å². The Bertz CT molecular complexity index is 517. The maximum absolute atomic E-state index is 5.72. The van der Waals surface area contributed by atoms with Crippen LogP contribution in [0.2, 0.25) is 0 Å². The van der Waals surface area contributed by atoms with Crippen LogP contribution in [0.15, 0.2) is 30.6 Å². The zero-order valence-electron chi connectivity index (χ0n) is 10.8. The molecule has 0 aliphatic carbocycles. The Hall–Kier alpha value is -1.61. The van der Waals surface area contributed by atoms with E-state index in [0.29, 0.717) is 11.8 Å². The van der Waals surface area contributed by atoms with Gasteiger partial charge in [-0.25, -0.2) is 9.97 Å². The van der Waals surface area contributed by atoms with Gasteiger partial charge in [0.05, 0.1) is 5.88 Å². The van der Waals surface area contributed by atoms with Gasteiger partial charge < -0.3 is 4.90 Å². The Balaban J connectivity index is 2.31. The number of hydrogen-bond acceptors (Lipinski definition) is 3. The number of aryl methyl sites for hydroxylation is 2. The number of nitrogens with zero attached hydrogens (tertiary/aromatic N) is 3. The van der Waals surface area contributed by atoms with Crippen LogP contribution in [0, 0.1) is 13.8 Å². The molecule has 1 heterocycles. The summed E-state index contributed by atoms with van der Waals surface area (Å²) < 4.78 is 0. The normalized spacial score (nSPS) is 10.4. The van der Waals surface area contributed by atoms with Crippen molar-refractivity contribution >= 4 is 23.2 Å². The molecule has 1 aromatic heterocycles. The number of rotatable bonds is 3. The van der Waals surface area contributed by atoms with Crippen molar-refractivity contribution in [2.75, 3.05) is 11.9 Å². The molecule has 0 fully saturated rings. The molecule has 0 N–H and O–H groups in total. The van der Waals surface area contributed by atoms with Gasteiger partial charge in [-0.1, -0.05) is 6.07 Å². The van der Waals surface area contributed by atoms with Crippen LogP contribution in [0.3, 0.4) is 0 Å². The van der Waals surface area contributed by atoms with Crippen molar-refractivity contribution in [2.24, 2.45) is 0 Å². The van der Waals surface area contributed by atoms with Crippen molar-refractivity contribution in [1.82, 2.24) is 9.97 Å². The molecule has 94 valence electrons. The quantitative estimate of drug-likeness (QED) is 0.791. The number of aromatic nitrogens is 2. The van der Waals surface area contributed by atoms with E-state index in [1.165, 1.54) is 11.1 Å².